The highest BCUT2D eigenvalue weighted by Gasteiger charge is 2.03. The van der Waals surface area contributed by atoms with Gasteiger partial charge in [0.15, 0.2) is 0 Å². The molecule has 3 nitrogen and oxygen atoms in total. The van der Waals surface area contributed by atoms with Gasteiger partial charge >= 0.3 is 0 Å². The van der Waals surface area contributed by atoms with E-state index in [-0.39, 0.29) is 12.4 Å². The van der Waals surface area contributed by atoms with Crippen molar-refractivity contribution < 1.29 is 0 Å². The molecule has 0 radical (unpaired) electrons. The van der Waals surface area contributed by atoms with Crippen molar-refractivity contribution in [3.8, 4) is 0 Å². The first-order chi connectivity index (χ1) is 8.72. The number of para-hydroxylation sites is 2. The highest BCUT2D eigenvalue weighted by atomic mass is 35.5. The van der Waals surface area contributed by atoms with Gasteiger partial charge in [-0.25, -0.2) is 4.98 Å². The van der Waals surface area contributed by atoms with Crippen molar-refractivity contribution in [1.29, 1.82) is 0 Å². The van der Waals surface area contributed by atoms with Gasteiger partial charge < -0.3 is 10.3 Å². The second kappa shape index (κ2) is 5.70. The maximum atomic E-state index is 5.96. The number of aromatic amines is 1. The topological polar surface area (TPSA) is 40.7 Å². The number of rotatable bonds is 2. The molecule has 0 fully saturated rings. The summed E-state index contributed by atoms with van der Waals surface area (Å²) < 4.78 is 0. The summed E-state index contributed by atoms with van der Waals surface area (Å²) in [5.74, 6) is 0.676. The molecular formula is C13H10Cl3N3. The fourth-order valence-corrected chi connectivity index (χ4v) is 2.02. The second-order valence-electron chi connectivity index (χ2n) is 3.86. The number of H-pyrrole nitrogens is 1. The summed E-state index contributed by atoms with van der Waals surface area (Å²) in [4.78, 5) is 7.60. The predicted octanol–water partition coefficient (Wildman–Crippen LogP) is 5.04. The zero-order chi connectivity index (χ0) is 12.5. The van der Waals surface area contributed by atoms with E-state index in [0.29, 0.717) is 16.0 Å². The Hall–Kier alpha value is -1.42. The van der Waals surface area contributed by atoms with E-state index >= 15 is 0 Å². The Labute approximate surface area is 126 Å². The summed E-state index contributed by atoms with van der Waals surface area (Å²) in [5, 5.41) is 4.20. The van der Waals surface area contributed by atoms with Crippen LogP contribution in [0.4, 0.5) is 11.6 Å². The first kappa shape index (κ1) is 14.0. The van der Waals surface area contributed by atoms with Crippen molar-refractivity contribution in [2.24, 2.45) is 0 Å². The van der Waals surface area contributed by atoms with Crippen LogP contribution in [0.5, 0.6) is 0 Å². The molecule has 0 amide bonds. The van der Waals surface area contributed by atoms with Crippen LogP contribution in [0.3, 0.4) is 0 Å². The summed E-state index contributed by atoms with van der Waals surface area (Å²) in [6.45, 7) is 0. The number of nitrogens with one attached hydrogen (secondary N) is 2. The van der Waals surface area contributed by atoms with Crippen molar-refractivity contribution in [3.63, 3.8) is 0 Å². The Morgan fingerprint density at radius 3 is 2.53 bits per heavy atom. The average Bonchev–Trinajstić information content (AvgIpc) is 2.76. The van der Waals surface area contributed by atoms with Crippen molar-refractivity contribution in [2.75, 3.05) is 5.32 Å². The molecule has 98 valence electrons. The Morgan fingerprint density at radius 2 is 1.79 bits per heavy atom. The van der Waals surface area contributed by atoms with Crippen LogP contribution < -0.4 is 5.32 Å². The van der Waals surface area contributed by atoms with Gasteiger partial charge in [0, 0.05) is 5.69 Å². The third kappa shape index (κ3) is 2.95. The van der Waals surface area contributed by atoms with E-state index in [9.17, 15) is 0 Å². The minimum absolute atomic E-state index is 0. The molecule has 0 bridgehead atoms. The van der Waals surface area contributed by atoms with Gasteiger partial charge in [-0.05, 0) is 30.3 Å². The van der Waals surface area contributed by atoms with E-state index < -0.39 is 0 Å². The van der Waals surface area contributed by atoms with Gasteiger partial charge in [-0.2, -0.15) is 0 Å². The molecule has 0 saturated carbocycles. The van der Waals surface area contributed by atoms with E-state index in [1.807, 2.05) is 30.3 Å². The van der Waals surface area contributed by atoms with Gasteiger partial charge in [0.25, 0.3) is 0 Å². The average molecular weight is 315 g/mol. The van der Waals surface area contributed by atoms with Gasteiger partial charge in [-0.15, -0.1) is 12.4 Å². The van der Waals surface area contributed by atoms with Crippen LogP contribution in [0.1, 0.15) is 0 Å². The quantitative estimate of drug-likeness (QED) is 0.696. The number of anilines is 2. The molecule has 0 aliphatic heterocycles. The Bertz CT molecular complexity index is 676. The zero-order valence-corrected chi connectivity index (χ0v) is 12.0. The fraction of sp³-hybridized carbons (Fsp3) is 0. The summed E-state index contributed by atoms with van der Waals surface area (Å²) in [7, 11) is 0. The standard InChI is InChI=1S/C13H9Cl2N3.ClH/c14-9-6-5-8(7-10(9)15)16-13-17-11-3-1-2-4-12(11)18-13;/h1-7H,(H2,16,17,18);1H. The molecule has 6 heteroatoms. The molecule has 0 spiro atoms. The lowest BCUT2D eigenvalue weighted by Crippen LogP contribution is -1.91. The molecule has 0 saturated heterocycles. The monoisotopic (exact) mass is 313 g/mol. The molecule has 19 heavy (non-hydrogen) atoms. The third-order valence-electron chi connectivity index (χ3n) is 2.57. The maximum Gasteiger partial charge on any atom is 0.205 e. The summed E-state index contributed by atoms with van der Waals surface area (Å²) >= 11 is 11.8. The van der Waals surface area contributed by atoms with Gasteiger partial charge in [-0.1, -0.05) is 35.3 Å². The van der Waals surface area contributed by atoms with Gasteiger partial charge in [0.2, 0.25) is 5.95 Å². The highest BCUT2D eigenvalue weighted by Crippen LogP contribution is 2.26. The summed E-state index contributed by atoms with van der Waals surface area (Å²) in [6.07, 6.45) is 0. The number of fused-ring (bicyclic) bond motifs is 1. The Kier molecular flexibility index (Phi) is 4.20. The normalized spacial score (nSPS) is 10.2. The molecule has 0 aliphatic rings. The predicted molar refractivity (Wildman–Crippen MR) is 83.1 cm³/mol. The maximum absolute atomic E-state index is 5.96. The van der Waals surface area contributed by atoms with Crippen molar-refractivity contribution in [1.82, 2.24) is 9.97 Å². The Morgan fingerprint density at radius 1 is 1.00 bits per heavy atom. The lowest BCUT2D eigenvalue weighted by molar-refractivity contribution is 1.31. The number of imidazole rings is 1. The molecule has 0 aliphatic carbocycles. The van der Waals surface area contributed by atoms with E-state index in [1.165, 1.54) is 0 Å². The van der Waals surface area contributed by atoms with E-state index in [1.54, 1.807) is 12.1 Å². The van der Waals surface area contributed by atoms with E-state index in [2.05, 4.69) is 15.3 Å². The molecule has 3 rings (SSSR count). The SMILES string of the molecule is Cl.Clc1ccc(Nc2nc3ccccc3[nH]2)cc1Cl. The van der Waals surface area contributed by atoms with Gasteiger partial charge in [0.05, 0.1) is 21.1 Å². The van der Waals surface area contributed by atoms with Gasteiger partial charge in [-0.3, -0.25) is 0 Å². The van der Waals surface area contributed by atoms with Crippen LogP contribution in [-0.4, -0.2) is 9.97 Å². The lowest BCUT2D eigenvalue weighted by Gasteiger charge is -2.03. The number of hydrogen-bond donors (Lipinski definition) is 2. The Balaban J connectivity index is 0.00000133. The molecule has 3 aromatic rings. The van der Waals surface area contributed by atoms with Crippen LogP contribution in [0, 0.1) is 0 Å². The van der Waals surface area contributed by atoms with Crippen LogP contribution in [-0.2, 0) is 0 Å². The number of hydrogen-bond acceptors (Lipinski definition) is 2. The van der Waals surface area contributed by atoms with Crippen LogP contribution in [0.2, 0.25) is 10.0 Å². The first-order valence-corrected chi connectivity index (χ1v) is 6.15. The largest absolute Gasteiger partial charge is 0.326 e. The summed E-state index contributed by atoms with van der Waals surface area (Å²) in [5.41, 5.74) is 2.74. The second-order valence-corrected chi connectivity index (χ2v) is 4.67. The zero-order valence-electron chi connectivity index (χ0n) is 9.65. The fourth-order valence-electron chi connectivity index (χ4n) is 1.72. The number of halogens is 3. The van der Waals surface area contributed by atoms with E-state index in [4.69, 9.17) is 23.2 Å². The number of nitrogens with zero attached hydrogens (tertiary/aromatic N) is 1. The molecule has 0 atom stereocenters. The third-order valence-corrected chi connectivity index (χ3v) is 3.31. The minimum Gasteiger partial charge on any atom is -0.326 e. The van der Waals surface area contributed by atoms with Crippen LogP contribution in [0.25, 0.3) is 11.0 Å². The number of aromatic nitrogens is 2. The van der Waals surface area contributed by atoms with Gasteiger partial charge in [0.1, 0.15) is 0 Å². The van der Waals surface area contributed by atoms with Crippen LogP contribution in [0.15, 0.2) is 42.5 Å². The van der Waals surface area contributed by atoms with Crippen LogP contribution >= 0.6 is 35.6 Å². The molecule has 1 heterocycles. The molecule has 0 unspecified atom stereocenters. The molecular weight excluding hydrogens is 305 g/mol. The summed E-state index contributed by atoms with van der Waals surface area (Å²) in [6, 6.07) is 13.2. The highest BCUT2D eigenvalue weighted by molar-refractivity contribution is 6.42. The molecule has 1 aromatic heterocycles. The molecule has 2 aromatic carbocycles. The van der Waals surface area contributed by atoms with Crippen molar-refractivity contribution >= 4 is 58.3 Å². The van der Waals surface area contributed by atoms with Crippen molar-refractivity contribution in [3.05, 3.63) is 52.5 Å². The van der Waals surface area contributed by atoms with E-state index in [0.717, 1.165) is 16.7 Å². The smallest absolute Gasteiger partial charge is 0.205 e. The van der Waals surface area contributed by atoms with Crippen molar-refractivity contribution in [2.45, 2.75) is 0 Å². The minimum atomic E-state index is 0. The molecule has 2 N–H and O–H groups in total. The number of benzene rings is 2. The first-order valence-electron chi connectivity index (χ1n) is 5.39. The lowest BCUT2D eigenvalue weighted by atomic mass is 10.3.